The second-order valence-electron chi connectivity index (χ2n) is 6.83. The molecule has 0 aliphatic carbocycles. The van der Waals surface area contributed by atoms with Crippen molar-refractivity contribution in [3.05, 3.63) is 114 Å². The maximum Gasteiger partial charge on any atom is 0.149 e. The smallest absolute Gasteiger partial charge is 0.149 e. The Morgan fingerprint density at radius 3 is 2.14 bits per heavy atom. The van der Waals surface area contributed by atoms with E-state index in [0.29, 0.717) is 13.2 Å². The third-order valence-corrected chi connectivity index (χ3v) is 4.76. The Labute approximate surface area is 166 Å². The molecule has 1 heterocycles. The van der Waals surface area contributed by atoms with Crippen LogP contribution in [0.5, 0.6) is 0 Å². The number of hydrogen-bond acceptors (Lipinski definition) is 3. The van der Waals surface area contributed by atoms with Crippen molar-refractivity contribution in [1.82, 2.24) is 5.32 Å². The lowest BCUT2D eigenvalue weighted by atomic mass is 10.1. The van der Waals surface area contributed by atoms with Gasteiger partial charge in [0, 0.05) is 6.54 Å². The van der Waals surface area contributed by atoms with Gasteiger partial charge < -0.3 is 4.74 Å². The van der Waals surface area contributed by atoms with E-state index in [-0.39, 0.29) is 5.66 Å². The van der Waals surface area contributed by atoms with Crippen LogP contribution < -0.4 is 5.32 Å². The second kappa shape index (κ2) is 8.79. The minimum absolute atomic E-state index is 0.324. The molecule has 0 saturated carbocycles. The van der Waals surface area contributed by atoms with Crippen LogP contribution in [-0.2, 0) is 10.4 Å². The molecule has 0 aromatic heterocycles. The lowest BCUT2D eigenvalue weighted by Crippen LogP contribution is -2.18. The van der Waals surface area contributed by atoms with Crippen molar-refractivity contribution in [2.45, 2.75) is 5.66 Å². The molecule has 3 heteroatoms. The van der Waals surface area contributed by atoms with E-state index in [9.17, 15) is 0 Å². The average molecular weight is 368 g/mol. The molecular formula is C25H24N2O. The van der Waals surface area contributed by atoms with Crippen LogP contribution in [0.1, 0.15) is 16.7 Å². The van der Waals surface area contributed by atoms with Crippen LogP contribution in [0.2, 0.25) is 0 Å². The summed E-state index contributed by atoms with van der Waals surface area (Å²) in [4.78, 5) is 5.07. The van der Waals surface area contributed by atoms with E-state index in [1.807, 2.05) is 48.5 Å². The van der Waals surface area contributed by atoms with Gasteiger partial charge in [-0.3, -0.25) is 10.3 Å². The Kier molecular flexibility index (Phi) is 5.76. The van der Waals surface area contributed by atoms with Crippen LogP contribution in [0.25, 0.3) is 6.08 Å². The fourth-order valence-electron chi connectivity index (χ4n) is 3.16. The van der Waals surface area contributed by atoms with Crippen LogP contribution in [0, 0.1) is 0 Å². The summed E-state index contributed by atoms with van der Waals surface area (Å²) < 4.78 is 5.94. The van der Waals surface area contributed by atoms with Crippen molar-refractivity contribution in [1.29, 1.82) is 0 Å². The van der Waals surface area contributed by atoms with Gasteiger partial charge in [0.25, 0.3) is 0 Å². The first-order valence-corrected chi connectivity index (χ1v) is 9.60. The normalized spacial score (nSPS) is 19.1. The number of aliphatic imine (C=N–C) groups is 1. The van der Waals surface area contributed by atoms with Gasteiger partial charge >= 0.3 is 0 Å². The molecule has 3 aromatic carbocycles. The van der Waals surface area contributed by atoms with E-state index >= 15 is 0 Å². The third kappa shape index (κ3) is 4.63. The molecule has 1 fully saturated rings. The molecule has 3 aromatic rings. The third-order valence-electron chi connectivity index (χ3n) is 4.76. The zero-order chi connectivity index (χ0) is 19.1. The van der Waals surface area contributed by atoms with Gasteiger partial charge in [-0.15, -0.1) is 0 Å². The number of ether oxygens (including phenoxy) is 1. The largest absolute Gasteiger partial charge is 0.371 e. The Hall–Kier alpha value is -3.01. The monoisotopic (exact) mass is 368 g/mol. The Balaban J connectivity index is 1.47. The number of hydrogen-bond donors (Lipinski definition) is 1. The highest BCUT2D eigenvalue weighted by molar-refractivity contribution is 6.02. The molecule has 0 radical (unpaired) electrons. The van der Waals surface area contributed by atoms with E-state index < -0.39 is 0 Å². The zero-order valence-corrected chi connectivity index (χ0v) is 15.8. The summed E-state index contributed by atoms with van der Waals surface area (Å²) in [6.45, 7) is 1.87. The SMILES string of the molecule is C(=C\c1ccccc1)/COC/C(=N/C1(c2ccccc2)CN1)c1ccccc1. The molecule has 0 amide bonds. The van der Waals surface area contributed by atoms with Gasteiger partial charge in [-0.25, -0.2) is 0 Å². The van der Waals surface area contributed by atoms with Gasteiger partial charge in [0.05, 0.1) is 18.9 Å². The van der Waals surface area contributed by atoms with Gasteiger partial charge in [0.2, 0.25) is 0 Å². The molecule has 140 valence electrons. The van der Waals surface area contributed by atoms with Gasteiger partial charge in [0.15, 0.2) is 0 Å². The molecule has 0 bridgehead atoms. The van der Waals surface area contributed by atoms with Crippen molar-refractivity contribution in [2.24, 2.45) is 4.99 Å². The van der Waals surface area contributed by atoms with E-state index in [0.717, 1.165) is 17.8 Å². The molecular weight excluding hydrogens is 344 g/mol. The summed E-state index contributed by atoms with van der Waals surface area (Å²) in [6, 6.07) is 30.9. The summed E-state index contributed by atoms with van der Waals surface area (Å²) in [5, 5.41) is 3.43. The minimum atomic E-state index is -0.324. The first kappa shape index (κ1) is 18.4. The first-order chi connectivity index (χ1) is 13.9. The van der Waals surface area contributed by atoms with E-state index in [1.165, 1.54) is 11.1 Å². The number of rotatable bonds is 8. The van der Waals surface area contributed by atoms with Crippen LogP contribution in [0.3, 0.4) is 0 Å². The topological polar surface area (TPSA) is 43.5 Å². The lowest BCUT2D eigenvalue weighted by Gasteiger charge is -2.14. The van der Waals surface area contributed by atoms with Gasteiger partial charge in [-0.2, -0.15) is 0 Å². The number of benzene rings is 3. The number of nitrogens with one attached hydrogen (secondary N) is 1. The van der Waals surface area contributed by atoms with E-state index in [4.69, 9.17) is 9.73 Å². The van der Waals surface area contributed by atoms with Gasteiger partial charge in [0.1, 0.15) is 5.66 Å². The van der Waals surface area contributed by atoms with Crippen molar-refractivity contribution >= 4 is 11.8 Å². The molecule has 1 saturated heterocycles. The Morgan fingerprint density at radius 2 is 1.50 bits per heavy atom. The van der Waals surface area contributed by atoms with Crippen molar-refractivity contribution in [2.75, 3.05) is 19.8 Å². The van der Waals surface area contributed by atoms with Crippen molar-refractivity contribution in [3.8, 4) is 0 Å². The standard InChI is InChI=1S/C25H24N2O/c1-4-11-21(12-5-1)13-10-18-28-19-24(22-14-6-2-7-15-22)27-25(20-26-25)23-16-8-3-9-17-23/h1-17,26H,18-20H2/b13-10+,27-24-. The predicted octanol–water partition coefficient (Wildman–Crippen LogP) is 4.66. The molecule has 4 rings (SSSR count). The molecule has 1 atom stereocenters. The summed E-state index contributed by atoms with van der Waals surface area (Å²) in [5.74, 6) is 0. The molecule has 1 aliphatic heterocycles. The highest BCUT2D eigenvalue weighted by Crippen LogP contribution is 2.32. The van der Waals surface area contributed by atoms with E-state index in [1.54, 1.807) is 0 Å². The highest BCUT2D eigenvalue weighted by atomic mass is 16.5. The highest BCUT2D eigenvalue weighted by Gasteiger charge is 2.44. The minimum Gasteiger partial charge on any atom is -0.371 e. The lowest BCUT2D eigenvalue weighted by molar-refractivity contribution is 0.204. The average Bonchev–Trinajstić information content (AvgIpc) is 3.55. The van der Waals surface area contributed by atoms with E-state index in [2.05, 4.69) is 59.9 Å². The summed E-state index contributed by atoms with van der Waals surface area (Å²) in [5.41, 5.74) is 4.09. The van der Waals surface area contributed by atoms with Gasteiger partial charge in [-0.05, 0) is 16.7 Å². The molecule has 1 aliphatic rings. The predicted molar refractivity (Wildman–Crippen MR) is 115 cm³/mol. The Morgan fingerprint density at radius 1 is 0.893 bits per heavy atom. The maximum absolute atomic E-state index is 5.94. The maximum atomic E-state index is 5.94. The summed E-state index contributed by atoms with van der Waals surface area (Å²) in [7, 11) is 0. The van der Waals surface area contributed by atoms with Crippen LogP contribution in [-0.4, -0.2) is 25.5 Å². The summed E-state index contributed by atoms with van der Waals surface area (Å²) in [6.07, 6.45) is 4.12. The quantitative estimate of drug-likeness (QED) is 0.357. The molecule has 1 N–H and O–H groups in total. The fraction of sp³-hybridized carbons (Fsp3) is 0.160. The van der Waals surface area contributed by atoms with Crippen LogP contribution in [0.4, 0.5) is 0 Å². The second-order valence-corrected chi connectivity index (χ2v) is 6.83. The molecule has 3 nitrogen and oxygen atoms in total. The van der Waals surface area contributed by atoms with Crippen molar-refractivity contribution in [3.63, 3.8) is 0 Å². The fourth-order valence-corrected chi connectivity index (χ4v) is 3.16. The first-order valence-electron chi connectivity index (χ1n) is 9.60. The number of nitrogens with zero attached hydrogens (tertiary/aromatic N) is 1. The zero-order valence-electron chi connectivity index (χ0n) is 15.8. The van der Waals surface area contributed by atoms with Crippen LogP contribution >= 0.6 is 0 Å². The summed E-state index contributed by atoms with van der Waals surface area (Å²) >= 11 is 0. The van der Waals surface area contributed by atoms with Crippen LogP contribution in [0.15, 0.2) is 102 Å². The molecule has 28 heavy (non-hydrogen) atoms. The Bertz CT molecular complexity index is 930. The molecule has 1 unspecified atom stereocenters. The molecule has 0 spiro atoms. The van der Waals surface area contributed by atoms with Gasteiger partial charge in [-0.1, -0.05) is 103 Å². The van der Waals surface area contributed by atoms with Crippen molar-refractivity contribution < 1.29 is 4.74 Å².